The van der Waals surface area contributed by atoms with Crippen LogP contribution in [-0.2, 0) is 7.05 Å². The van der Waals surface area contributed by atoms with Gasteiger partial charge in [0.1, 0.15) is 28.5 Å². The van der Waals surface area contributed by atoms with Gasteiger partial charge in [-0.3, -0.25) is 14.3 Å². The molecule has 2 amide bonds. The fourth-order valence-corrected chi connectivity index (χ4v) is 6.29. The number of aromatic nitrogens is 3. The van der Waals surface area contributed by atoms with Crippen molar-refractivity contribution in [1.82, 2.24) is 20.3 Å². The highest BCUT2D eigenvalue weighted by molar-refractivity contribution is 6.31. The van der Waals surface area contributed by atoms with Crippen molar-refractivity contribution in [3.63, 3.8) is 0 Å². The normalized spacial score (nSPS) is 22.7. The Kier molecular flexibility index (Phi) is 6.70. The number of hydrogen-bond donors (Lipinski definition) is 3. The molecule has 2 fully saturated rings. The van der Waals surface area contributed by atoms with Crippen LogP contribution in [0.1, 0.15) is 69.5 Å². The zero-order valence-corrected chi connectivity index (χ0v) is 21.7. The number of nitrogens with one attached hydrogen (secondary N) is 2. The molecule has 5 rings (SSSR count). The molecule has 0 aliphatic heterocycles. The van der Waals surface area contributed by atoms with Crippen LogP contribution in [0.4, 0.5) is 15.9 Å². The lowest BCUT2D eigenvalue weighted by molar-refractivity contribution is 0.0944. The second-order valence-corrected chi connectivity index (χ2v) is 10.7. The summed E-state index contributed by atoms with van der Waals surface area (Å²) in [4.78, 5) is 25.8. The number of nitrogen functional groups attached to an aromatic ring is 1. The van der Waals surface area contributed by atoms with E-state index < -0.39 is 5.82 Å². The van der Waals surface area contributed by atoms with Crippen molar-refractivity contribution in [1.29, 1.82) is 0 Å². The molecule has 0 radical (unpaired) electrons. The van der Waals surface area contributed by atoms with Crippen molar-refractivity contribution in [2.24, 2.45) is 24.8 Å². The lowest BCUT2D eigenvalue weighted by atomic mass is 9.93. The van der Waals surface area contributed by atoms with Crippen molar-refractivity contribution in [2.45, 2.75) is 45.4 Å². The van der Waals surface area contributed by atoms with Crippen molar-refractivity contribution >= 4 is 34.9 Å². The molecule has 0 spiro atoms. The molecule has 0 bridgehead atoms. The Morgan fingerprint density at radius 2 is 1.86 bits per heavy atom. The first kappa shape index (κ1) is 25.3. The predicted octanol–water partition coefficient (Wildman–Crippen LogP) is 4.60. The third kappa shape index (κ3) is 4.82. The predicted molar refractivity (Wildman–Crippen MR) is 137 cm³/mol. The van der Waals surface area contributed by atoms with Gasteiger partial charge in [0.05, 0.1) is 16.4 Å². The number of nitrogens with two attached hydrogens (primary N) is 1. The molecule has 2 aromatic heterocycles. The highest BCUT2D eigenvalue weighted by Gasteiger charge is 2.44. The molecule has 2 atom stereocenters. The second kappa shape index (κ2) is 9.81. The first-order valence-corrected chi connectivity index (χ1v) is 12.8. The van der Waals surface area contributed by atoms with Gasteiger partial charge in [0.15, 0.2) is 0 Å². The molecule has 1 aromatic carbocycles. The zero-order valence-electron chi connectivity index (χ0n) is 21.0. The number of halogens is 2. The van der Waals surface area contributed by atoms with Crippen molar-refractivity contribution in [3.8, 4) is 0 Å². The van der Waals surface area contributed by atoms with Crippen LogP contribution in [0.2, 0.25) is 5.02 Å². The molecule has 2 unspecified atom stereocenters. The topological polar surface area (TPSA) is 128 Å². The number of rotatable bonds is 6. The molecule has 2 heterocycles. The summed E-state index contributed by atoms with van der Waals surface area (Å²) in [6.45, 7) is 4.12. The Labute approximate surface area is 218 Å². The van der Waals surface area contributed by atoms with E-state index in [4.69, 9.17) is 21.9 Å². The molecule has 0 saturated heterocycles. The molecular weight excluding hydrogens is 499 g/mol. The van der Waals surface area contributed by atoms with Crippen LogP contribution in [0.3, 0.4) is 0 Å². The summed E-state index contributed by atoms with van der Waals surface area (Å²) in [5, 5.41) is 14.2. The van der Waals surface area contributed by atoms with E-state index in [1.807, 2.05) is 0 Å². The number of aryl methyl sites for hydroxylation is 3. The third-order valence-electron chi connectivity index (χ3n) is 7.83. The highest BCUT2D eigenvalue weighted by Crippen LogP contribution is 2.52. The van der Waals surface area contributed by atoms with Crippen LogP contribution in [0.5, 0.6) is 0 Å². The van der Waals surface area contributed by atoms with Gasteiger partial charge >= 0.3 is 0 Å². The molecule has 2 aliphatic rings. The molecule has 196 valence electrons. The smallest absolute Gasteiger partial charge is 0.261 e. The summed E-state index contributed by atoms with van der Waals surface area (Å²) in [6.07, 6.45) is 3.86. The van der Waals surface area contributed by atoms with Crippen LogP contribution >= 0.6 is 11.6 Å². The number of nitrogens with zero attached hydrogens (tertiary/aromatic N) is 3. The Hall–Kier alpha value is -3.40. The molecule has 2 aliphatic carbocycles. The van der Waals surface area contributed by atoms with Gasteiger partial charge in [0, 0.05) is 25.2 Å². The van der Waals surface area contributed by atoms with Crippen molar-refractivity contribution in [2.75, 3.05) is 17.6 Å². The van der Waals surface area contributed by atoms with E-state index in [1.165, 1.54) is 22.9 Å². The van der Waals surface area contributed by atoms with E-state index in [0.29, 0.717) is 58.3 Å². The number of benzene rings is 1. The van der Waals surface area contributed by atoms with E-state index in [1.54, 1.807) is 20.9 Å². The molecule has 11 heteroatoms. The van der Waals surface area contributed by atoms with Gasteiger partial charge < -0.3 is 20.9 Å². The number of hydrogen-bond acceptors (Lipinski definition) is 6. The Morgan fingerprint density at radius 3 is 2.49 bits per heavy atom. The fourth-order valence-electron chi connectivity index (χ4n) is 6.11. The fraction of sp³-hybridized carbons (Fsp3) is 0.462. The Morgan fingerprint density at radius 1 is 1.16 bits per heavy atom. The van der Waals surface area contributed by atoms with Gasteiger partial charge in [0.2, 0.25) is 0 Å². The molecule has 3 aromatic rings. The van der Waals surface area contributed by atoms with Crippen LogP contribution in [-0.4, -0.2) is 33.3 Å². The third-order valence-corrected chi connectivity index (χ3v) is 8.12. The zero-order chi connectivity index (χ0) is 26.4. The van der Waals surface area contributed by atoms with Crippen LogP contribution in [0, 0.1) is 37.4 Å². The van der Waals surface area contributed by atoms with E-state index >= 15 is 0 Å². The number of carbonyl (C=O) groups is 2. The summed E-state index contributed by atoms with van der Waals surface area (Å²) >= 11 is 5.86. The van der Waals surface area contributed by atoms with Crippen molar-refractivity contribution < 1.29 is 18.5 Å². The highest BCUT2D eigenvalue weighted by atomic mass is 35.5. The summed E-state index contributed by atoms with van der Waals surface area (Å²) < 4.78 is 20.2. The minimum absolute atomic E-state index is 0.0711. The van der Waals surface area contributed by atoms with E-state index in [0.717, 1.165) is 25.7 Å². The molecule has 4 N–H and O–H groups in total. The Balaban J connectivity index is 1.23. The minimum Gasteiger partial charge on any atom is -0.383 e. The van der Waals surface area contributed by atoms with Crippen LogP contribution < -0.4 is 16.4 Å². The molecule has 9 nitrogen and oxygen atoms in total. The van der Waals surface area contributed by atoms with Gasteiger partial charge in [0.25, 0.3) is 11.8 Å². The van der Waals surface area contributed by atoms with Gasteiger partial charge in [-0.25, -0.2) is 4.39 Å². The average molecular weight is 529 g/mol. The molecule has 37 heavy (non-hydrogen) atoms. The summed E-state index contributed by atoms with van der Waals surface area (Å²) in [6, 6.07) is 4.03. The lowest BCUT2D eigenvalue weighted by Crippen LogP contribution is -2.29. The first-order valence-electron chi connectivity index (χ1n) is 12.4. The monoisotopic (exact) mass is 528 g/mol. The average Bonchev–Trinajstić information content (AvgIpc) is 3.57. The first-order chi connectivity index (χ1) is 17.6. The number of carbonyl (C=O) groups excluding carboxylic acids is 2. The quantitative estimate of drug-likeness (QED) is 0.429. The summed E-state index contributed by atoms with van der Waals surface area (Å²) in [5.74, 6) is 1.25. The van der Waals surface area contributed by atoms with E-state index in [-0.39, 0.29) is 28.6 Å². The van der Waals surface area contributed by atoms with E-state index in [2.05, 4.69) is 20.9 Å². The van der Waals surface area contributed by atoms with Gasteiger partial charge in [-0.15, -0.1) is 0 Å². The SMILES string of the molecule is Cc1noc(C)c1C(=O)NCC1CC2CC(c3nn(C)c(N)c3C(=O)Nc3ccc(F)c(Cl)c3)CC2C1. The van der Waals surface area contributed by atoms with Crippen LogP contribution in [0.15, 0.2) is 22.7 Å². The minimum atomic E-state index is -0.555. The Bertz CT molecular complexity index is 1340. The van der Waals surface area contributed by atoms with Gasteiger partial charge in [-0.05, 0) is 75.5 Å². The molecule has 2 saturated carbocycles. The maximum absolute atomic E-state index is 13.5. The lowest BCUT2D eigenvalue weighted by Gasteiger charge is -2.15. The summed E-state index contributed by atoms with van der Waals surface area (Å²) in [7, 11) is 1.72. The maximum atomic E-state index is 13.5. The number of fused-ring (bicyclic) bond motifs is 1. The van der Waals surface area contributed by atoms with Crippen molar-refractivity contribution in [3.05, 3.63) is 57.3 Å². The molecular formula is C26H30ClFN6O3. The second-order valence-electron chi connectivity index (χ2n) is 10.3. The standard InChI is InChI=1S/C26H30ClFN6O3/c1-12-21(13(2)37-33-12)25(35)30-11-14-6-15-8-17(9-16(15)7-14)23-22(24(29)34(3)32-23)26(36)31-18-4-5-20(28)19(27)10-18/h4-5,10,14-17H,6-9,11,29H2,1-3H3,(H,30,35)(H,31,36). The van der Waals surface area contributed by atoms with E-state index in [9.17, 15) is 14.0 Å². The van der Waals surface area contributed by atoms with Gasteiger partial charge in [-0.1, -0.05) is 16.8 Å². The largest absolute Gasteiger partial charge is 0.383 e. The number of anilines is 2. The number of amides is 2. The van der Waals surface area contributed by atoms with Crippen LogP contribution in [0.25, 0.3) is 0 Å². The van der Waals surface area contributed by atoms with Gasteiger partial charge in [-0.2, -0.15) is 5.10 Å². The maximum Gasteiger partial charge on any atom is 0.261 e. The summed E-state index contributed by atoms with van der Waals surface area (Å²) in [5.41, 5.74) is 8.80.